The van der Waals surface area contributed by atoms with Gasteiger partial charge in [0.15, 0.2) is 6.73 Å². The number of hydrogen-bond donors (Lipinski definition) is 3. The van der Waals surface area contributed by atoms with Crippen molar-refractivity contribution in [2.75, 3.05) is 42.0 Å². The second-order valence-electron chi connectivity index (χ2n) is 9.73. The van der Waals surface area contributed by atoms with E-state index < -0.39 is 0 Å². The van der Waals surface area contributed by atoms with E-state index in [0.29, 0.717) is 22.3 Å². The number of carbonyl (C=O) groups is 2. The number of nitrogens with one attached hydrogen (secondary N) is 3. The smallest absolute Gasteiger partial charge is 0.314 e. The molecule has 3 N–H and O–H groups in total. The normalized spacial score (nSPS) is 15.3. The Bertz CT molecular complexity index is 1390. The summed E-state index contributed by atoms with van der Waals surface area (Å²) in [5.41, 5.74) is 3.39. The Labute approximate surface area is 243 Å². The lowest BCUT2D eigenvalue weighted by molar-refractivity contribution is 0.0932. The topological polar surface area (TPSA) is 112 Å². The average molecular weight is 585 g/mol. The van der Waals surface area contributed by atoms with Crippen molar-refractivity contribution in [1.29, 1.82) is 0 Å². The number of amides is 3. The zero-order valence-corrected chi connectivity index (χ0v) is 23.8. The number of nitrogens with zero attached hydrogens (tertiary/aromatic N) is 4. The quantitative estimate of drug-likeness (QED) is 0.333. The van der Waals surface area contributed by atoms with Crippen molar-refractivity contribution < 1.29 is 14.3 Å². The summed E-state index contributed by atoms with van der Waals surface area (Å²) >= 11 is 12.6. The number of ether oxygens (including phenoxy) is 1. The second kappa shape index (κ2) is 12.2. The molecule has 2 aliphatic rings. The number of carbonyl (C=O) groups excluding carboxylic acids is 2. The number of anilines is 4. The minimum atomic E-state index is -0.360. The Balaban J connectivity index is 1.35. The maximum atomic E-state index is 13.2. The molecule has 3 heterocycles. The summed E-state index contributed by atoms with van der Waals surface area (Å²) in [4.78, 5) is 37.6. The Morgan fingerprint density at radius 3 is 2.60 bits per heavy atom. The van der Waals surface area contributed by atoms with Crippen LogP contribution in [0, 0.1) is 5.92 Å². The third kappa shape index (κ3) is 5.88. The minimum absolute atomic E-state index is 0.0928. The molecule has 1 aromatic heterocycles. The van der Waals surface area contributed by atoms with Gasteiger partial charge in [0.1, 0.15) is 5.56 Å². The van der Waals surface area contributed by atoms with Crippen LogP contribution in [0.5, 0.6) is 5.88 Å². The molecule has 10 nitrogen and oxygen atoms in total. The van der Waals surface area contributed by atoms with Crippen LogP contribution >= 0.6 is 23.2 Å². The predicted molar refractivity (Wildman–Crippen MR) is 157 cm³/mol. The molecule has 0 unspecified atom stereocenters. The largest absolute Gasteiger partial charge is 0.455 e. The number of para-hydroxylation sites is 1. The molecule has 0 bridgehead atoms. The fraction of sp³-hybridized carbons (Fsp3) is 0.357. The van der Waals surface area contributed by atoms with Crippen LogP contribution in [0.25, 0.3) is 0 Å². The van der Waals surface area contributed by atoms with Gasteiger partial charge in [0.05, 0.1) is 15.7 Å². The number of benzene rings is 2. The first-order valence-electron chi connectivity index (χ1n) is 13.2. The zero-order chi connectivity index (χ0) is 28.2. The lowest BCUT2D eigenvalue weighted by Crippen LogP contribution is -2.39. The van der Waals surface area contributed by atoms with Crippen LogP contribution in [0.15, 0.2) is 42.6 Å². The summed E-state index contributed by atoms with van der Waals surface area (Å²) in [5, 5.41) is 9.37. The maximum Gasteiger partial charge on any atom is 0.314 e. The molecule has 2 aromatic carbocycles. The highest BCUT2D eigenvalue weighted by molar-refractivity contribution is 6.40. The molecular formula is C28H31Cl2N7O3. The van der Waals surface area contributed by atoms with Gasteiger partial charge in [0, 0.05) is 44.3 Å². The molecule has 3 aromatic rings. The number of rotatable bonds is 7. The first-order chi connectivity index (χ1) is 19.4. The van der Waals surface area contributed by atoms with Gasteiger partial charge in [-0.25, -0.2) is 9.78 Å². The van der Waals surface area contributed by atoms with E-state index in [1.807, 2.05) is 12.1 Å². The van der Waals surface area contributed by atoms with Crippen molar-refractivity contribution in [2.24, 2.45) is 5.92 Å². The van der Waals surface area contributed by atoms with Gasteiger partial charge in [-0.1, -0.05) is 42.6 Å². The van der Waals surface area contributed by atoms with E-state index in [1.54, 1.807) is 25.2 Å². The van der Waals surface area contributed by atoms with Crippen LogP contribution in [-0.4, -0.2) is 48.8 Å². The molecular weight excluding hydrogens is 553 g/mol. The molecule has 1 saturated heterocycles. The van der Waals surface area contributed by atoms with Crippen LogP contribution < -0.4 is 30.5 Å². The van der Waals surface area contributed by atoms with Gasteiger partial charge in [0.25, 0.3) is 5.91 Å². The standard InChI is InChI=1S/C28H31Cl2N7O3/c1-3-17-9-11-36(12-10-17)23-8-7-19(13-18(23)14-33-28(39)31-2)34-27-32-15-20-25(35-27)40-16-37(26(20)38)24-21(29)5-4-6-22(24)30/h4-8,13,15,17H,3,9-12,14,16H2,1-2H3,(H2,31,33,39)(H,32,34,35). The van der Waals surface area contributed by atoms with E-state index >= 15 is 0 Å². The molecule has 0 saturated carbocycles. The van der Waals surface area contributed by atoms with Crippen molar-refractivity contribution in [3.05, 3.63) is 63.8 Å². The predicted octanol–water partition coefficient (Wildman–Crippen LogP) is 5.58. The molecule has 40 heavy (non-hydrogen) atoms. The molecule has 210 valence electrons. The van der Waals surface area contributed by atoms with Gasteiger partial charge in [-0.05, 0) is 54.7 Å². The lowest BCUT2D eigenvalue weighted by atomic mass is 9.93. The monoisotopic (exact) mass is 583 g/mol. The fourth-order valence-corrected chi connectivity index (χ4v) is 5.62. The summed E-state index contributed by atoms with van der Waals surface area (Å²) < 4.78 is 5.80. The van der Waals surface area contributed by atoms with Crippen LogP contribution in [0.4, 0.5) is 27.8 Å². The minimum Gasteiger partial charge on any atom is -0.455 e. The van der Waals surface area contributed by atoms with Gasteiger partial charge in [0.2, 0.25) is 11.8 Å². The van der Waals surface area contributed by atoms with Crippen LogP contribution in [-0.2, 0) is 6.54 Å². The Kier molecular flexibility index (Phi) is 8.46. The SMILES string of the molecule is CCC1CCN(c2ccc(Nc3ncc4c(n3)OCN(c3c(Cl)cccc3Cl)C4=O)cc2CNC(=O)NC)CC1. The van der Waals surface area contributed by atoms with E-state index in [4.69, 9.17) is 27.9 Å². The van der Waals surface area contributed by atoms with Gasteiger partial charge in [-0.2, -0.15) is 4.98 Å². The van der Waals surface area contributed by atoms with Crippen LogP contribution in [0.2, 0.25) is 10.0 Å². The maximum absolute atomic E-state index is 13.2. The molecule has 0 atom stereocenters. The summed E-state index contributed by atoms with van der Waals surface area (Å²) in [6.07, 6.45) is 4.93. The molecule has 3 amide bonds. The number of halogens is 2. The van der Waals surface area contributed by atoms with Crippen molar-refractivity contribution in [1.82, 2.24) is 20.6 Å². The molecule has 1 fully saturated rings. The number of hydrogen-bond acceptors (Lipinski definition) is 7. The third-order valence-electron chi connectivity index (χ3n) is 7.30. The molecule has 5 rings (SSSR count). The first-order valence-corrected chi connectivity index (χ1v) is 14.0. The number of aromatic nitrogens is 2. The Morgan fingerprint density at radius 2 is 1.90 bits per heavy atom. The van der Waals surface area contributed by atoms with Crippen molar-refractivity contribution in [2.45, 2.75) is 32.7 Å². The van der Waals surface area contributed by atoms with Crippen molar-refractivity contribution >= 4 is 58.2 Å². The highest BCUT2D eigenvalue weighted by Gasteiger charge is 2.31. The van der Waals surface area contributed by atoms with E-state index in [2.05, 4.69) is 43.8 Å². The van der Waals surface area contributed by atoms with Crippen LogP contribution in [0.3, 0.4) is 0 Å². The highest BCUT2D eigenvalue weighted by Crippen LogP contribution is 2.37. The molecule has 0 aliphatic carbocycles. The molecule has 0 spiro atoms. The lowest BCUT2D eigenvalue weighted by Gasteiger charge is -2.34. The van der Waals surface area contributed by atoms with Crippen molar-refractivity contribution in [3.63, 3.8) is 0 Å². The van der Waals surface area contributed by atoms with E-state index in [-0.39, 0.29) is 36.1 Å². The van der Waals surface area contributed by atoms with Crippen molar-refractivity contribution in [3.8, 4) is 5.88 Å². The van der Waals surface area contributed by atoms with Gasteiger partial charge in [-0.3, -0.25) is 9.69 Å². The van der Waals surface area contributed by atoms with Gasteiger partial charge < -0.3 is 25.6 Å². The second-order valence-corrected chi connectivity index (χ2v) is 10.5. The number of fused-ring (bicyclic) bond motifs is 1. The van der Waals surface area contributed by atoms with Gasteiger partial charge >= 0.3 is 6.03 Å². The summed E-state index contributed by atoms with van der Waals surface area (Å²) in [5.74, 6) is 0.839. The zero-order valence-electron chi connectivity index (χ0n) is 22.3. The summed E-state index contributed by atoms with van der Waals surface area (Å²) in [6, 6.07) is 10.8. The highest BCUT2D eigenvalue weighted by atomic mass is 35.5. The van der Waals surface area contributed by atoms with E-state index in [1.165, 1.54) is 17.5 Å². The summed E-state index contributed by atoms with van der Waals surface area (Å²) in [6.45, 7) is 4.47. The van der Waals surface area contributed by atoms with E-state index in [0.717, 1.165) is 48.8 Å². The number of piperidine rings is 1. The fourth-order valence-electron chi connectivity index (χ4n) is 5.01. The number of urea groups is 1. The van der Waals surface area contributed by atoms with Crippen LogP contribution in [0.1, 0.15) is 42.1 Å². The molecule has 12 heteroatoms. The third-order valence-corrected chi connectivity index (χ3v) is 7.91. The summed E-state index contributed by atoms with van der Waals surface area (Å²) in [7, 11) is 1.59. The molecule has 2 aliphatic heterocycles. The Morgan fingerprint density at radius 1 is 1.15 bits per heavy atom. The first kappa shape index (κ1) is 27.8. The Hall–Kier alpha value is -3.76. The van der Waals surface area contributed by atoms with Gasteiger partial charge in [-0.15, -0.1) is 0 Å². The molecule has 0 radical (unpaired) electrons. The average Bonchev–Trinajstić information content (AvgIpc) is 2.97. The van der Waals surface area contributed by atoms with E-state index in [9.17, 15) is 9.59 Å².